The summed E-state index contributed by atoms with van der Waals surface area (Å²) in [6.45, 7) is 2.10. The van der Waals surface area contributed by atoms with E-state index in [1.54, 1.807) is 14.0 Å². The first-order valence-corrected chi connectivity index (χ1v) is 8.40. The molecule has 0 unspecified atom stereocenters. The number of nitrogens with one attached hydrogen (secondary N) is 2. The number of para-hydroxylation sites is 1. The fourth-order valence-corrected chi connectivity index (χ4v) is 2.57. The number of amides is 2. The van der Waals surface area contributed by atoms with Gasteiger partial charge in [-0.25, -0.2) is 4.79 Å². The molecular weight excluding hydrogens is 372 g/mol. The number of rotatable bonds is 6. The number of hydrogen-bond acceptors (Lipinski definition) is 3. The van der Waals surface area contributed by atoms with Gasteiger partial charge in [-0.15, -0.1) is 0 Å². The third kappa shape index (κ3) is 4.97. The van der Waals surface area contributed by atoms with Crippen molar-refractivity contribution in [1.82, 2.24) is 10.6 Å². The van der Waals surface area contributed by atoms with Crippen molar-refractivity contribution in [2.45, 2.75) is 25.6 Å². The van der Waals surface area contributed by atoms with Gasteiger partial charge < -0.3 is 20.5 Å². The van der Waals surface area contributed by atoms with E-state index in [-0.39, 0.29) is 6.03 Å². The van der Waals surface area contributed by atoms with Gasteiger partial charge in [0, 0.05) is 16.6 Å². The third-order valence-electron chi connectivity index (χ3n) is 3.68. The highest BCUT2D eigenvalue weighted by Gasteiger charge is 2.18. The molecule has 0 spiro atoms. The van der Waals surface area contributed by atoms with Crippen LogP contribution in [0.1, 0.15) is 24.2 Å². The van der Waals surface area contributed by atoms with Crippen LogP contribution in [0.3, 0.4) is 0 Å². The second-order valence-electron chi connectivity index (χ2n) is 5.42. The Morgan fingerprint density at radius 3 is 2.54 bits per heavy atom. The molecule has 0 aliphatic rings. The van der Waals surface area contributed by atoms with Crippen LogP contribution in [-0.2, 0) is 6.54 Å². The zero-order valence-electron chi connectivity index (χ0n) is 13.6. The zero-order chi connectivity index (χ0) is 17.5. The van der Waals surface area contributed by atoms with Crippen LogP contribution in [0.2, 0.25) is 0 Å². The SMILES string of the molecule is COc1ccccc1CNC(=O)N[C@@H](C)[C@H](O)c1ccc(Br)cc1. The third-order valence-corrected chi connectivity index (χ3v) is 4.20. The van der Waals surface area contributed by atoms with E-state index in [1.807, 2.05) is 48.5 Å². The Balaban J connectivity index is 1.88. The fourth-order valence-electron chi connectivity index (χ4n) is 2.31. The average molecular weight is 393 g/mol. The summed E-state index contributed by atoms with van der Waals surface area (Å²) in [5.41, 5.74) is 1.63. The molecule has 0 aliphatic carbocycles. The van der Waals surface area contributed by atoms with Crippen molar-refractivity contribution in [2.75, 3.05) is 7.11 Å². The van der Waals surface area contributed by atoms with E-state index in [2.05, 4.69) is 26.6 Å². The molecule has 0 heterocycles. The van der Waals surface area contributed by atoms with Gasteiger partial charge in [-0.05, 0) is 30.7 Å². The molecular formula is C18H21BrN2O3. The number of carbonyl (C=O) groups excluding carboxylic acids is 1. The average Bonchev–Trinajstić information content (AvgIpc) is 2.60. The molecule has 2 atom stereocenters. The van der Waals surface area contributed by atoms with Gasteiger partial charge in [0.1, 0.15) is 5.75 Å². The molecule has 0 aliphatic heterocycles. The standard InChI is InChI=1S/C18H21BrN2O3/c1-12(17(22)13-7-9-15(19)10-8-13)21-18(23)20-11-14-5-3-4-6-16(14)24-2/h3-10,12,17,22H,11H2,1-2H3,(H2,20,21,23)/t12-,17-/m0/s1. The summed E-state index contributed by atoms with van der Waals surface area (Å²) in [7, 11) is 1.59. The molecule has 0 radical (unpaired) electrons. The van der Waals surface area contributed by atoms with Crippen molar-refractivity contribution in [2.24, 2.45) is 0 Å². The van der Waals surface area contributed by atoms with Crippen molar-refractivity contribution in [3.63, 3.8) is 0 Å². The lowest BCUT2D eigenvalue weighted by Gasteiger charge is -2.21. The highest BCUT2D eigenvalue weighted by atomic mass is 79.9. The quantitative estimate of drug-likeness (QED) is 0.705. The highest BCUT2D eigenvalue weighted by Crippen LogP contribution is 2.20. The minimum atomic E-state index is -0.782. The van der Waals surface area contributed by atoms with Gasteiger partial charge in [-0.1, -0.05) is 46.3 Å². The second-order valence-corrected chi connectivity index (χ2v) is 6.34. The van der Waals surface area contributed by atoms with E-state index < -0.39 is 12.1 Å². The number of aliphatic hydroxyl groups excluding tert-OH is 1. The van der Waals surface area contributed by atoms with E-state index in [0.717, 1.165) is 21.3 Å². The molecule has 3 N–H and O–H groups in total. The van der Waals surface area contributed by atoms with Gasteiger partial charge >= 0.3 is 6.03 Å². The molecule has 24 heavy (non-hydrogen) atoms. The topological polar surface area (TPSA) is 70.6 Å². The Morgan fingerprint density at radius 2 is 1.88 bits per heavy atom. The zero-order valence-corrected chi connectivity index (χ0v) is 15.2. The summed E-state index contributed by atoms with van der Waals surface area (Å²) in [6.07, 6.45) is -0.782. The highest BCUT2D eigenvalue weighted by molar-refractivity contribution is 9.10. The molecule has 6 heteroatoms. The van der Waals surface area contributed by atoms with Crippen LogP contribution in [0.15, 0.2) is 53.0 Å². The summed E-state index contributed by atoms with van der Waals surface area (Å²) in [5.74, 6) is 0.723. The van der Waals surface area contributed by atoms with Crippen LogP contribution in [-0.4, -0.2) is 24.3 Å². The van der Waals surface area contributed by atoms with Crippen molar-refractivity contribution in [3.05, 3.63) is 64.1 Å². The molecule has 2 aromatic rings. The van der Waals surface area contributed by atoms with Gasteiger partial charge in [0.2, 0.25) is 0 Å². The Bertz CT molecular complexity index is 676. The summed E-state index contributed by atoms with van der Waals surface area (Å²) >= 11 is 3.35. The smallest absolute Gasteiger partial charge is 0.315 e. The Labute approximate surface area is 150 Å². The predicted octanol–water partition coefficient (Wildman–Crippen LogP) is 3.38. The lowest BCUT2D eigenvalue weighted by molar-refractivity contribution is 0.137. The van der Waals surface area contributed by atoms with Crippen LogP contribution < -0.4 is 15.4 Å². The van der Waals surface area contributed by atoms with Gasteiger partial charge in [0.15, 0.2) is 0 Å². The number of aliphatic hydroxyl groups is 1. The normalized spacial score (nSPS) is 13.0. The summed E-state index contributed by atoms with van der Waals surface area (Å²) in [4.78, 5) is 12.0. The van der Waals surface area contributed by atoms with Crippen molar-refractivity contribution in [1.29, 1.82) is 0 Å². The van der Waals surface area contributed by atoms with Crippen LogP contribution in [0.5, 0.6) is 5.75 Å². The first-order valence-electron chi connectivity index (χ1n) is 7.61. The van der Waals surface area contributed by atoms with Crippen LogP contribution in [0.25, 0.3) is 0 Å². The second kappa shape index (κ2) is 8.70. The maximum atomic E-state index is 12.0. The largest absolute Gasteiger partial charge is 0.496 e. The summed E-state index contributed by atoms with van der Waals surface area (Å²) < 4.78 is 6.19. The molecule has 128 valence electrons. The van der Waals surface area contributed by atoms with Crippen LogP contribution >= 0.6 is 15.9 Å². The van der Waals surface area contributed by atoms with E-state index in [0.29, 0.717) is 6.54 Å². The fraction of sp³-hybridized carbons (Fsp3) is 0.278. The van der Waals surface area contributed by atoms with Crippen LogP contribution in [0.4, 0.5) is 4.79 Å². The predicted molar refractivity (Wildman–Crippen MR) is 96.9 cm³/mol. The number of benzene rings is 2. The van der Waals surface area contributed by atoms with Crippen molar-refractivity contribution >= 4 is 22.0 Å². The van der Waals surface area contributed by atoms with E-state index in [1.165, 1.54) is 0 Å². The lowest BCUT2D eigenvalue weighted by Crippen LogP contribution is -2.43. The van der Waals surface area contributed by atoms with Crippen molar-refractivity contribution < 1.29 is 14.6 Å². The first-order chi connectivity index (χ1) is 11.5. The van der Waals surface area contributed by atoms with Gasteiger partial charge in [-0.2, -0.15) is 0 Å². The van der Waals surface area contributed by atoms with Crippen molar-refractivity contribution in [3.8, 4) is 5.75 Å². The van der Waals surface area contributed by atoms with Gasteiger partial charge in [0.25, 0.3) is 0 Å². The number of methoxy groups -OCH3 is 1. The number of halogens is 1. The molecule has 0 aromatic heterocycles. The van der Waals surface area contributed by atoms with E-state index in [4.69, 9.17) is 4.74 Å². The number of carbonyl (C=O) groups is 1. The van der Waals surface area contributed by atoms with E-state index in [9.17, 15) is 9.90 Å². The molecule has 0 saturated carbocycles. The number of ether oxygens (including phenoxy) is 1. The summed E-state index contributed by atoms with van der Waals surface area (Å²) in [5, 5.41) is 15.8. The minimum Gasteiger partial charge on any atom is -0.496 e. The lowest BCUT2D eigenvalue weighted by atomic mass is 10.0. The maximum absolute atomic E-state index is 12.0. The first kappa shape index (κ1) is 18.3. The summed E-state index contributed by atoms with van der Waals surface area (Å²) in [6, 6.07) is 14.1. The maximum Gasteiger partial charge on any atom is 0.315 e. The Hall–Kier alpha value is -2.05. The Morgan fingerprint density at radius 1 is 1.21 bits per heavy atom. The molecule has 0 saturated heterocycles. The van der Waals surface area contributed by atoms with Gasteiger partial charge in [0.05, 0.1) is 19.3 Å². The number of urea groups is 1. The Kier molecular flexibility index (Phi) is 6.63. The molecule has 2 rings (SSSR count). The molecule has 2 aromatic carbocycles. The van der Waals surface area contributed by atoms with Gasteiger partial charge in [-0.3, -0.25) is 0 Å². The van der Waals surface area contributed by atoms with Crippen LogP contribution in [0, 0.1) is 0 Å². The minimum absolute atomic E-state index is 0.343. The molecule has 0 bridgehead atoms. The monoisotopic (exact) mass is 392 g/mol. The number of hydrogen-bond donors (Lipinski definition) is 3. The molecule has 0 fully saturated rings. The molecule has 2 amide bonds. The molecule has 5 nitrogen and oxygen atoms in total. The van der Waals surface area contributed by atoms with E-state index >= 15 is 0 Å².